The van der Waals surface area contributed by atoms with Crippen LogP contribution in [-0.4, -0.2) is 6.04 Å². The van der Waals surface area contributed by atoms with Crippen LogP contribution in [0.2, 0.25) is 0 Å². The van der Waals surface area contributed by atoms with E-state index >= 15 is 0 Å². The zero-order valence-electron chi connectivity index (χ0n) is 11.3. The molecule has 98 valence electrons. The quantitative estimate of drug-likeness (QED) is 0.487. The molecule has 0 saturated heterocycles. The molecule has 0 aromatic heterocycles. The van der Waals surface area contributed by atoms with Crippen molar-refractivity contribution in [2.75, 3.05) is 0 Å². The maximum Gasteiger partial charge on any atom is 0.0260 e. The topological polar surface area (TPSA) is 38.0 Å². The van der Waals surface area contributed by atoms with Gasteiger partial charge in [0.25, 0.3) is 0 Å². The van der Waals surface area contributed by atoms with Crippen molar-refractivity contribution >= 4 is 10.8 Å². The van der Waals surface area contributed by atoms with E-state index in [9.17, 15) is 0 Å². The highest BCUT2D eigenvalue weighted by Gasteiger charge is 2.09. The van der Waals surface area contributed by atoms with Gasteiger partial charge >= 0.3 is 0 Å². The monoisotopic (exact) mass is 252 g/mol. The molecule has 2 aromatic rings. The van der Waals surface area contributed by atoms with Gasteiger partial charge in [-0.2, -0.15) is 0 Å². The number of hydrogen-bond acceptors (Lipinski definition) is 2. The van der Waals surface area contributed by atoms with Gasteiger partial charge in [0.1, 0.15) is 0 Å². The Hall–Kier alpha value is -1.82. The molecule has 0 spiro atoms. The van der Waals surface area contributed by atoms with Crippen LogP contribution in [0.25, 0.3) is 10.8 Å². The minimum atomic E-state index is 0.270. The summed E-state index contributed by atoms with van der Waals surface area (Å²) in [6, 6.07) is 15.2. The number of benzene rings is 2. The van der Waals surface area contributed by atoms with Crippen LogP contribution in [-0.2, 0) is 6.42 Å². The number of rotatable bonds is 5. The molecule has 0 amide bonds. The first-order valence-electron chi connectivity index (χ1n) is 6.67. The van der Waals surface area contributed by atoms with Crippen LogP contribution in [0, 0.1) is 11.8 Å². The summed E-state index contributed by atoms with van der Waals surface area (Å²) in [5.41, 5.74) is 4.24. The largest absolute Gasteiger partial charge is 0.271 e. The van der Waals surface area contributed by atoms with Gasteiger partial charge < -0.3 is 0 Å². The molecule has 0 aliphatic heterocycles. The second-order valence-electron chi connectivity index (χ2n) is 4.67. The molecule has 2 heteroatoms. The Labute approximate surface area is 115 Å². The van der Waals surface area contributed by atoms with Crippen LogP contribution >= 0.6 is 0 Å². The number of hydrogen-bond donors (Lipinski definition) is 2. The van der Waals surface area contributed by atoms with Gasteiger partial charge in [0.2, 0.25) is 0 Å². The summed E-state index contributed by atoms with van der Waals surface area (Å²) < 4.78 is 0. The predicted octanol–water partition coefficient (Wildman–Crippen LogP) is 3.02. The van der Waals surface area contributed by atoms with Gasteiger partial charge in [-0.3, -0.25) is 11.3 Å². The average molecular weight is 252 g/mol. The number of fused-ring (bicyclic) bond motifs is 1. The minimum absolute atomic E-state index is 0.270. The zero-order valence-corrected chi connectivity index (χ0v) is 11.3. The first-order valence-corrected chi connectivity index (χ1v) is 6.67. The van der Waals surface area contributed by atoms with Gasteiger partial charge in [-0.1, -0.05) is 42.5 Å². The van der Waals surface area contributed by atoms with Gasteiger partial charge in [-0.25, -0.2) is 0 Å². The maximum absolute atomic E-state index is 5.65. The number of nitrogens with two attached hydrogens (primary N) is 1. The lowest BCUT2D eigenvalue weighted by molar-refractivity contribution is 0.499. The summed E-state index contributed by atoms with van der Waals surface area (Å²) >= 11 is 0. The first kappa shape index (κ1) is 13.6. The van der Waals surface area contributed by atoms with E-state index in [4.69, 9.17) is 5.84 Å². The van der Waals surface area contributed by atoms with Crippen molar-refractivity contribution in [3.63, 3.8) is 0 Å². The number of nitrogens with one attached hydrogen (secondary N) is 1. The van der Waals surface area contributed by atoms with E-state index in [2.05, 4.69) is 59.7 Å². The van der Waals surface area contributed by atoms with Crippen LogP contribution < -0.4 is 11.3 Å². The molecule has 0 fully saturated rings. The fourth-order valence-corrected chi connectivity index (χ4v) is 2.35. The van der Waals surface area contributed by atoms with Crippen molar-refractivity contribution in [1.82, 2.24) is 5.43 Å². The molecule has 2 rings (SSSR count). The zero-order chi connectivity index (χ0) is 13.5. The lowest BCUT2D eigenvalue weighted by Gasteiger charge is -2.16. The molecule has 1 unspecified atom stereocenters. The third-order valence-corrected chi connectivity index (χ3v) is 3.38. The van der Waals surface area contributed by atoms with Gasteiger partial charge in [0.05, 0.1) is 0 Å². The van der Waals surface area contributed by atoms with Crippen LogP contribution in [0.1, 0.15) is 25.3 Å². The molecular formula is C17H20N2. The first-order chi connectivity index (χ1) is 9.35. The van der Waals surface area contributed by atoms with E-state index in [1.807, 2.05) is 6.92 Å². The smallest absolute Gasteiger partial charge is 0.0260 e. The molecular weight excluding hydrogens is 232 g/mol. The van der Waals surface area contributed by atoms with Gasteiger partial charge in [-0.15, -0.1) is 11.8 Å². The van der Waals surface area contributed by atoms with Crippen LogP contribution in [0.15, 0.2) is 42.5 Å². The van der Waals surface area contributed by atoms with E-state index in [1.165, 1.54) is 16.3 Å². The highest BCUT2D eigenvalue weighted by atomic mass is 15.2. The lowest BCUT2D eigenvalue weighted by atomic mass is 9.97. The minimum Gasteiger partial charge on any atom is -0.271 e. The Morgan fingerprint density at radius 2 is 1.95 bits per heavy atom. The summed E-state index contributed by atoms with van der Waals surface area (Å²) in [6.45, 7) is 1.87. The predicted molar refractivity (Wildman–Crippen MR) is 81.4 cm³/mol. The maximum atomic E-state index is 5.65. The molecule has 0 heterocycles. The van der Waals surface area contributed by atoms with Crippen LogP contribution in [0.3, 0.4) is 0 Å². The highest BCUT2D eigenvalue weighted by Crippen LogP contribution is 2.20. The molecule has 0 aliphatic carbocycles. The van der Waals surface area contributed by atoms with Crippen LogP contribution in [0.5, 0.6) is 0 Å². The summed E-state index contributed by atoms with van der Waals surface area (Å²) in [4.78, 5) is 0. The van der Waals surface area contributed by atoms with E-state index in [1.54, 1.807) is 0 Å². The molecule has 0 saturated carbocycles. The SMILES string of the molecule is CC#CCCC(Cc1cccc2ccccc12)NN. The van der Waals surface area contributed by atoms with Crippen LogP contribution in [0.4, 0.5) is 0 Å². The van der Waals surface area contributed by atoms with E-state index in [0.717, 1.165) is 19.3 Å². The average Bonchev–Trinajstić information content (AvgIpc) is 2.46. The van der Waals surface area contributed by atoms with E-state index in [-0.39, 0.29) is 6.04 Å². The van der Waals surface area contributed by atoms with Crippen molar-refractivity contribution in [3.05, 3.63) is 48.0 Å². The molecule has 1 atom stereocenters. The third-order valence-electron chi connectivity index (χ3n) is 3.38. The second kappa shape index (κ2) is 6.94. The van der Waals surface area contributed by atoms with Crippen molar-refractivity contribution in [3.8, 4) is 11.8 Å². The molecule has 3 N–H and O–H groups in total. The van der Waals surface area contributed by atoms with E-state index in [0.29, 0.717) is 0 Å². The Morgan fingerprint density at radius 1 is 1.16 bits per heavy atom. The summed E-state index contributed by atoms with van der Waals surface area (Å²) in [6.07, 6.45) is 2.79. The fraction of sp³-hybridized carbons (Fsp3) is 0.294. The molecule has 0 bridgehead atoms. The second-order valence-corrected chi connectivity index (χ2v) is 4.67. The molecule has 0 aliphatic rings. The van der Waals surface area contributed by atoms with E-state index < -0.39 is 0 Å². The summed E-state index contributed by atoms with van der Waals surface area (Å²) in [5.74, 6) is 11.7. The van der Waals surface area contributed by atoms with Crippen molar-refractivity contribution in [2.24, 2.45) is 5.84 Å². The molecule has 2 aromatic carbocycles. The van der Waals surface area contributed by atoms with Crippen molar-refractivity contribution < 1.29 is 0 Å². The van der Waals surface area contributed by atoms with Crippen molar-refractivity contribution in [1.29, 1.82) is 0 Å². The van der Waals surface area contributed by atoms with Gasteiger partial charge in [0.15, 0.2) is 0 Å². The third kappa shape index (κ3) is 3.57. The highest BCUT2D eigenvalue weighted by molar-refractivity contribution is 5.85. The Bertz CT molecular complexity index is 587. The fourth-order valence-electron chi connectivity index (χ4n) is 2.35. The Balaban J connectivity index is 2.16. The van der Waals surface area contributed by atoms with Gasteiger partial charge in [0, 0.05) is 12.5 Å². The standard InChI is InChI=1S/C17H20N2/c1-2-3-4-11-16(19-18)13-15-10-7-9-14-8-5-6-12-17(14)15/h5-10,12,16,19H,4,11,13,18H2,1H3. The van der Waals surface area contributed by atoms with Crippen molar-refractivity contribution in [2.45, 2.75) is 32.2 Å². The molecule has 19 heavy (non-hydrogen) atoms. The molecule has 0 radical (unpaired) electrons. The normalized spacial score (nSPS) is 11.9. The summed E-state index contributed by atoms with van der Waals surface area (Å²) in [5, 5.41) is 2.59. The number of hydrazine groups is 1. The molecule has 2 nitrogen and oxygen atoms in total. The Morgan fingerprint density at radius 3 is 2.74 bits per heavy atom. The Kier molecular flexibility index (Phi) is 4.97. The summed E-state index contributed by atoms with van der Waals surface area (Å²) in [7, 11) is 0. The van der Waals surface area contributed by atoms with Gasteiger partial charge in [-0.05, 0) is 36.1 Å². The lowest BCUT2D eigenvalue weighted by Crippen LogP contribution is -2.36.